The highest BCUT2D eigenvalue weighted by molar-refractivity contribution is 5.83. The lowest BCUT2D eigenvalue weighted by Gasteiger charge is -2.20. The Labute approximate surface area is 116 Å². The lowest BCUT2D eigenvalue weighted by atomic mass is 10.0. The van der Waals surface area contributed by atoms with Gasteiger partial charge >= 0.3 is 0 Å². The summed E-state index contributed by atoms with van der Waals surface area (Å²) in [7, 11) is 0. The summed E-state index contributed by atoms with van der Waals surface area (Å²) in [6, 6.07) is 6.74. The molecule has 104 valence electrons. The summed E-state index contributed by atoms with van der Waals surface area (Å²) in [6.07, 6.45) is 5.59. The van der Waals surface area contributed by atoms with E-state index in [-0.39, 0.29) is 5.54 Å². The maximum absolute atomic E-state index is 3.54. The predicted molar refractivity (Wildman–Crippen MR) is 83.8 cm³/mol. The molecule has 2 heteroatoms. The zero-order chi connectivity index (χ0) is 13.9. The second kappa shape index (κ2) is 5.79. The van der Waals surface area contributed by atoms with Crippen molar-refractivity contribution in [3.63, 3.8) is 0 Å². The quantitative estimate of drug-likeness (QED) is 0.778. The van der Waals surface area contributed by atoms with Crippen molar-refractivity contribution in [3.05, 3.63) is 35.5 Å². The molecule has 2 N–H and O–H groups in total. The number of nitrogens with one attached hydrogen (secondary N) is 2. The number of aryl methyl sites for hydroxylation is 2. The molecule has 0 bridgehead atoms. The number of hydrogen-bond acceptors (Lipinski definition) is 1. The average molecular weight is 258 g/mol. The van der Waals surface area contributed by atoms with Crippen LogP contribution in [0.25, 0.3) is 10.9 Å². The Morgan fingerprint density at radius 2 is 2.00 bits per heavy atom. The largest absolute Gasteiger partial charge is 0.361 e. The van der Waals surface area contributed by atoms with Crippen molar-refractivity contribution in [2.75, 3.05) is 6.54 Å². The molecule has 0 saturated carbocycles. The maximum atomic E-state index is 3.54. The number of hydrogen-bond donors (Lipinski definition) is 2. The van der Waals surface area contributed by atoms with Crippen LogP contribution in [0.15, 0.2) is 24.4 Å². The van der Waals surface area contributed by atoms with Gasteiger partial charge in [0.25, 0.3) is 0 Å². The highest BCUT2D eigenvalue weighted by atomic mass is 14.9. The lowest BCUT2D eigenvalue weighted by molar-refractivity contribution is 0.422. The summed E-state index contributed by atoms with van der Waals surface area (Å²) in [6.45, 7) is 9.93. The highest BCUT2D eigenvalue weighted by Crippen LogP contribution is 2.21. The molecule has 1 aromatic heterocycles. The van der Waals surface area contributed by atoms with Crippen molar-refractivity contribution in [1.82, 2.24) is 10.3 Å². The van der Waals surface area contributed by atoms with Gasteiger partial charge in [0.2, 0.25) is 0 Å². The number of rotatable bonds is 5. The Morgan fingerprint density at radius 1 is 1.21 bits per heavy atom. The first-order chi connectivity index (χ1) is 8.99. The first kappa shape index (κ1) is 14.1. The van der Waals surface area contributed by atoms with E-state index >= 15 is 0 Å². The van der Waals surface area contributed by atoms with Crippen LogP contribution in [0, 0.1) is 0 Å². The molecule has 0 fully saturated rings. The molecule has 0 radical (unpaired) electrons. The highest BCUT2D eigenvalue weighted by Gasteiger charge is 2.08. The monoisotopic (exact) mass is 258 g/mol. The van der Waals surface area contributed by atoms with E-state index in [1.165, 1.54) is 28.5 Å². The number of fused-ring (bicyclic) bond motifs is 1. The second-order valence-electron chi connectivity index (χ2n) is 6.33. The predicted octanol–water partition coefficient (Wildman–Crippen LogP) is 4.05. The van der Waals surface area contributed by atoms with Gasteiger partial charge < -0.3 is 10.3 Å². The third-order valence-electron chi connectivity index (χ3n) is 3.52. The van der Waals surface area contributed by atoms with Crippen LogP contribution in [0.3, 0.4) is 0 Å². The van der Waals surface area contributed by atoms with Crippen molar-refractivity contribution in [2.24, 2.45) is 0 Å². The number of aromatic amines is 1. The molecule has 0 aliphatic rings. The topological polar surface area (TPSA) is 27.8 Å². The van der Waals surface area contributed by atoms with E-state index in [4.69, 9.17) is 0 Å². The van der Waals surface area contributed by atoms with Gasteiger partial charge in [-0.1, -0.05) is 13.0 Å². The van der Waals surface area contributed by atoms with Gasteiger partial charge in [0.15, 0.2) is 0 Å². The van der Waals surface area contributed by atoms with Gasteiger partial charge in [0.1, 0.15) is 0 Å². The molecule has 0 atom stereocenters. The van der Waals surface area contributed by atoms with Gasteiger partial charge in [-0.2, -0.15) is 0 Å². The van der Waals surface area contributed by atoms with Gasteiger partial charge in [-0.15, -0.1) is 0 Å². The summed E-state index contributed by atoms with van der Waals surface area (Å²) in [5.41, 5.74) is 4.34. The van der Waals surface area contributed by atoms with E-state index in [1.54, 1.807) is 0 Å². The summed E-state index contributed by atoms with van der Waals surface area (Å²) >= 11 is 0. The summed E-state index contributed by atoms with van der Waals surface area (Å²) in [4.78, 5) is 3.38. The molecule has 2 nitrogen and oxygen atoms in total. The lowest BCUT2D eigenvalue weighted by Crippen LogP contribution is -2.36. The van der Waals surface area contributed by atoms with Crippen molar-refractivity contribution >= 4 is 10.9 Å². The van der Waals surface area contributed by atoms with Crippen molar-refractivity contribution in [3.8, 4) is 0 Å². The molecule has 2 rings (SSSR count). The maximum Gasteiger partial charge on any atom is 0.0456 e. The standard InChI is InChI=1S/C17H26N2/c1-5-13-8-9-16-15(11-13)14(12-18-16)7-6-10-19-17(2,3)4/h8-9,11-12,18-19H,5-7,10H2,1-4H3. The Hall–Kier alpha value is -1.28. The minimum Gasteiger partial charge on any atom is -0.361 e. The van der Waals surface area contributed by atoms with Crippen LogP contribution < -0.4 is 5.32 Å². The summed E-state index contributed by atoms with van der Waals surface area (Å²) in [5, 5.41) is 4.94. The molecule has 1 heterocycles. The van der Waals surface area contributed by atoms with Crippen LogP contribution in [0.4, 0.5) is 0 Å². The van der Waals surface area contributed by atoms with Gasteiger partial charge in [0.05, 0.1) is 0 Å². The molecule has 0 saturated heterocycles. The third kappa shape index (κ3) is 3.84. The van der Waals surface area contributed by atoms with E-state index in [2.05, 4.69) is 62.4 Å². The Balaban J connectivity index is 2.00. The Kier molecular flexibility index (Phi) is 4.31. The zero-order valence-electron chi connectivity index (χ0n) is 12.6. The van der Waals surface area contributed by atoms with Crippen LogP contribution in [0.5, 0.6) is 0 Å². The van der Waals surface area contributed by atoms with Crippen LogP contribution in [-0.2, 0) is 12.8 Å². The van der Waals surface area contributed by atoms with Crippen LogP contribution in [0.1, 0.15) is 45.2 Å². The summed E-state index contributed by atoms with van der Waals surface area (Å²) < 4.78 is 0. The molecule has 0 aliphatic heterocycles. The van der Waals surface area contributed by atoms with Crippen molar-refractivity contribution in [1.29, 1.82) is 0 Å². The number of aromatic nitrogens is 1. The number of benzene rings is 1. The molecule has 19 heavy (non-hydrogen) atoms. The van der Waals surface area contributed by atoms with Gasteiger partial charge in [0, 0.05) is 22.6 Å². The van der Waals surface area contributed by atoms with Crippen LogP contribution >= 0.6 is 0 Å². The van der Waals surface area contributed by atoms with Crippen LogP contribution in [-0.4, -0.2) is 17.1 Å². The molecule has 0 aliphatic carbocycles. The molecule has 0 amide bonds. The normalized spacial score (nSPS) is 12.2. The van der Waals surface area contributed by atoms with E-state index in [0.717, 1.165) is 19.4 Å². The fourth-order valence-electron chi connectivity index (χ4n) is 2.39. The van der Waals surface area contributed by atoms with E-state index in [9.17, 15) is 0 Å². The van der Waals surface area contributed by atoms with Crippen molar-refractivity contribution in [2.45, 2.75) is 52.5 Å². The minimum atomic E-state index is 0.218. The Morgan fingerprint density at radius 3 is 2.68 bits per heavy atom. The molecular formula is C17H26N2. The molecule has 1 aromatic carbocycles. The van der Waals surface area contributed by atoms with Gasteiger partial charge in [-0.25, -0.2) is 0 Å². The second-order valence-corrected chi connectivity index (χ2v) is 6.33. The molecule has 0 spiro atoms. The van der Waals surface area contributed by atoms with E-state index in [0.29, 0.717) is 0 Å². The van der Waals surface area contributed by atoms with Gasteiger partial charge in [-0.3, -0.25) is 0 Å². The average Bonchev–Trinajstić information content (AvgIpc) is 2.76. The van der Waals surface area contributed by atoms with Crippen LogP contribution in [0.2, 0.25) is 0 Å². The fourth-order valence-corrected chi connectivity index (χ4v) is 2.39. The molecule has 2 aromatic rings. The zero-order valence-corrected chi connectivity index (χ0v) is 12.6. The fraction of sp³-hybridized carbons (Fsp3) is 0.529. The van der Waals surface area contributed by atoms with E-state index in [1.807, 2.05) is 0 Å². The molecular weight excluding hydrogens is 232 g/mol. The van der Waals surface area contributed by atoms with Gasteiger partial charge in [-0.05, 0) is 69.8 Å². The first-order valence-corrected chi connectivity index (χ1v) is 7.33. The smallest absolute Gasteiger partial charge is 0.0456 e. The van der Waals surface area contributed by atoms with Crippen molar-refractivity contribution < 1.29 is 0 Å². The SMILES string of the molecule is CCc1ccc2[nH]cc(CCCNC(C)(C)C)c2c1. The minimum absolute atomic E-state index is 0.218. The van der Waals surface area contributed by atoms with E-state index < -0.39 is 0 Å². The summed E-state index contributed by atoms with van der Waals surface area (Å²) in [5.74, 6) is 0. The Bertz CT molecular complexity index is 532. The molecule has 0 unspecified atom stereocenters. The first-order valence-electron chi connectivity index (χ1n) is 7.33. The number of H-pyrrole nitrogens is 1. The third-order valence-corrected chi connectivity index (χ3v) is 3.52.